The number of hydrogen-bond donors (Lipinski definition) is 1. The zero-order valence-electron chi connectivity index (χ0n) is 8.74. The number of nitrogen functional groups attached to an aromatic ring is 1. The number of nitrogens with two attached hydrogens (primary N) is 1. The molecule has 0 amide bonds. The fraction of sp³-hybridized carbons (Fsp3) is 0.0833. The van der Waals surface area contributed by atoms with Crippen LogP contribution in [0.3, 0.4) is 0 Å². The van der Waals surface area contributed by atoms with Crippen molar-refractivity contribution >= 4 is 34.7 Å². The standard InChI is InChI=1S/C12H9Cl2NO2/c13-9-4-7(5-10(14)12(9)15)11(16)6-8-2-1-3-17-8/h1-5H,6,15H2. The van der Waals surface area contributed by atoms with Crippen LogP contribution in [-0.2, 0) is 6.42 Å². The minimum absolute atomic E-state index is 0.122. The SMILES string of the molecule is Nc1c(Cl)cc(C(=O)Cc2ccco2)cc1Cl. The maximum Gasteiger partial charge on any atom is 0.170 e. The van der Waals surface area contributed by atoms with E-state index in [1.165, 1.54) is 18.4 Å². The van der Waals surface area contributed by atoms with E-state index in [9.17, 15) is 4.79 Å². The van der Waals surface area contributed by atoms with E-state index in [1.807, 2.05) is 0 Å². The van der Waals surface area contributed by atoms with Gasteiger partial charge in [-0.2, -0.15) is 0 Å². The van der Waals surface area contributed by atoms with Crippen molar-refractivity contribution in [3.8, 4) is 0 Å². The normalized spacial score (nSPS) is 10.5. The van der Waals surface area contributed by atoms with Crippen molar-refractivity contribution in [3.63, 3.8) is 0 Å². The number of carbonyl (C=O) groups excluding carboxylic acids is 1. The summed E-state index contributed by atoms with van der Waals surface area (Å²) < 4.78 is 5.10. The van der Waals surface area contributed by atoms with Crippen molar-refractivity contribution in [2.24, 2.45) is 0 Å². The molecule has 0 aliphatic carbocycles. The lowest BCUT2D eigenvalue weighted by molar-refractivity contribution is 0.0987. The van der Waals surface area contributed by atoms with Gasteiger partial charge in [0.05, 0.1) is 28.4 Å². The molecule has 2 aromatic rings. The number of benzene rings is 1. The third-order valence-electron chi connectivity index (χ3n) is 2.32. The Balaban J connectivity index is 2.26. The Morgan fingerprint density at radius 2 is 1.94 bits per heavy atom. The zero-order valence-corrected chi connectivity index (χ0v) is 10.3. The summed E-state index contributed by atoms with van der Waals surface area (Å²) in [5.41, 5.74) is 6.30. The lowest BCUT2D eigenvalue weighted by Crippen LogP contribution is -2.03. The number of furan rings is 1. The minimum atomic E-state index is -0.122. The number of halogens is 2. The van der Waals surface area contributed by atoms with Crippen LogP contribution in [-0.4, -0.2) is 5.78 Å². The summed E-state index contributed by atoms with van der Waals surface area (Å²) in [5.74, 6) is 0.475. The van der Waals surface area contributed by atoms with Gasteiger partial charge in [-0.1, -0.05) is 23.2 Å². The largest absolute Gasteiger partial charge is 0.469 e. The van der Waals surface area contributed by atoms with Gasteiger partial charge in [-0.3, -0.25) is 4.79 Å². The van der Waals surface area contributed by atoms with Gasteiger partial charge in [-0.15, -0.1) is 0 Å². The van der Waals surface area contributed by atoms with Crippen LogP contribution in [0.2, 0.25) is 10.0 Å². The fourth-order valence-electron chi connectivity index (χ4n) is 1.42. The summed E-state index contributed by atoms with van der Waals surface area (Å²) >= 11 is 11.7. The van der Waals surface area contributed by atoms with E-state index < -0.39 is 0 Å². The van der Waals surface area contributed by atoms with E-state index in [-0.39, 0.29) is 27.9 Å². The monoisotopic (exact) mass is 269 g/mol. The van der Waals surface area contributed by atoms with Crippen molar-refractivity contribution in [1.82, 2.24) is 0 Å². The highest BCUT2D eigenvalue weighted by Gasteiger charge is 2.12. The summed E-state index contributed by atoms with van der Waals surface area (Å²) in [4.78, 5) is 11.9. The van der Waals surface area contributed by atoms with Gasteiger partial charge < -0.3 is 10.2 Å². The Morgan fingerprint density at radius 3 is 2.47 bits per heavy atom. The van der Waals surface area contributed by atoms with Gasteiger partial charge in [0.25, 0.3) is 0 Å². The fourth-order valence-corrected chi connectivity index (χ4v) is 1.91. The van der Waals surface area contributed by atoms with E-state index in [0.717, 1.165) is 0 Å². The highest BCUT2D eigenvalue weighted by atomic mass is 35.5. The van der Waals surface area contributed by atoms with Crippen LogP contribution in [0, 0.1) is 0 Å². The molecule has 0 bridgehead atoms. The topological polar surface area (TPSA) is 56.2 Å². The van der Waals surface area contributed by atoms with Crippen LogP contribution in [0.5, 0.6) is 0 Å². The molecule has 0 spiro atoms. The van der Waals surface area contributed by atoms with Crippen LogP contribution in [0.1, 0.15) is 16.1 Å². The first kappa shape index (κ1) is 12.0. The molecule has 0 aliphatic rings. The maximum absolute atomic E-state index is 11.9. The van der Waals surface area contributed by atoms with Crippen LogP contribution in [0.15, 0.2) is 34.9 Å². The Bertz CT molecular complexity index is 527. The van der Waals surface area contributed by atoms with Crippen molar-refractivity contribution < 1.29 is 9.21 Å². The van der Waals surface area contributed by atoms with E-state index in [4.69, 9.17) is 33.4 Å². The molecular formula is C12H9Cl2NO2. The number of carbonyl (C=O) groups is 1. The Kier molecular flexibility index (Phi) is 3.41. The molecule has 0 saturated heterocycles. The molecule has 0 unspecified atom stereocenters. The maximum atomic E-state index is 11.9. The van der Waals surface area contributed by atoms with Crippen molar-refractivity contribution in [1.29, 1.82) is 0 Å². The van der Waals surface area contributed by atoms with Crippen LogP contribution >= 0.6 is 23.2 Å². The first-order chi connectivity index (χ1) is 8.08. The highest BCUT2D eigenvalue weighted by Crippen LogP contribution is 2.29. The van der Waals surface area contributed by atoms with E-state index >= 15 is 0 Å². The van der Waals surface area contributed by atoms with Crippen molar-refractivity contribution in [3.05, 3.63) is 51.9 Å². The van der Waals surface area contributed by atoms with Gasteiger partial charge in [-0.25, -0.2) is 0 Å². The van der Waals surface area contributed by atoms with Crippen molar-refractivity contribution in [2.45, 2.75) is 6.42 Å². The molecule has 0 radical (unpaired) electrons. The number of anilines is 1. The first-order valence-corrected chi connectivity index (χ1v) is 5.63. The average molecular weight is 270 g/mol. The Labute approximate surface area is 108 Å². The molecule has 2 N–H and O–H groups in total. The molecule has 0 fully saturated rings. The van der Waals surface area contributed by atoms with Crippen LogP contribution in [0.4, 0.5) is 5.69 Å². The average Bonchev–Trinajstić information content (AvgIpc) is 2.77. The number of ketones is 1. The molecule has 88 valence electrons. The molecular weight excluding hydrogens is 261 g/mol. The third-order valence-corrected chi connectivity index (χ3v) is 2.94. The summed E-state index contributed by atoms with van der Waals surface area (Å²) in [5, 5.41) is 0.556. The molecule has 1 heterocycles. The molecule has 3 nitrogen and oxygen atoms in total. The number of Topliss-reactive ketones (excluding diaryl/α,β-unsaturated/α-hetero) is 1. The molecule has 0 aliphatic heterocycles. The molecule has 0 saturated carbocycles. The summed E-state index contributed by atoms with van der Waals surface area (Å²) in [7, 11) is 0. The summed E-state index contributed by atoms with van der Waals surface area (Å²) in [6, 6.07) is 6.48. The van der Waals surface area contributed by atoms with E-state index in [1.54, 1.807) is 12.1 Å². The molecule has 2 rings (SSSR count). The highest BCUT2D eigenvalue weighted by molar-refractivity contribution is 6.39. The third kappa shape index (κ3) is 2.62. The molecule has 1 aromatic heterocycles. The molecule has 17 heavy (non-hydrogen) atoms. The van der Waals surface area contributed by atoms with Crippen LogP contribution < -0.4 is 5.73 Å². The van der Waals surface area contributed by atoms with Gasteiger partial charge in [0, 0.05) is 5.56 Å². The predicted octanol–water partition coefficient (Wildman–Crippen LogP) is 3.59. The second-order valence-electron chi connectivity index (χ2n) is 3.53. The van der Waals surface area contributed by atoms with Gasteiger partial charge in [0.1, 0.15) is 5.76 Å². The van der Waals surface area contributed by atoms with Gasteiger partial charge in [0.2, 0.25) is 0 Å². The predicted molar refractivity (Wildman–Crippen MR) is 67.6 cm³/mol. The lowest BCUT2D eigenvalue weighted by Gasteiger charge is -2.05. The van der Waals surface area contributed by atoms with Gasteiger partial charge in [-0.05, 0) is 24.3 Å². The summed E-state index contributed by atoms with van der Waals surface area (Å²) in [6.07, 6.45) is 1.69. The molecule has 1 aromatic carbocycles. The molecule has 0 atom stereocenters. The van der Waals surface area contributed by atoms with E-state index in [2.05, 4.69) is 0 Å². The number of hydrogen-bond acceptors (Lipinski definition) is 3. The van der Waals surface area contributed by atoms with Gasteiger partial charge >= 0.3 is 0 Å². The second-order valence-corrected chi connectivity index (χ2v) is 4.35. The molecule has 5 heteroatoms. The van der Waals surface area contributed by atoms with Crippen LogP contribution in [0.25, 0.3) is 0 Å². The van der Waals surface area contributed by atoms with Crippen molar-refractivity contribution in [2.75, 3.05) is 5.73 Å². The Morgan fingerprint density at radius 1 is 1.29 bits per heavy atom. The zero-order chi connectivity index (χ0) is 12.4. The lowest BCUT2D eigenvalue weighted by atomic mass is 10.1. The Hall–Kier alpha value is -1.45. The smallest absolute Gasteiger partial charge is 0.170 e. The van der Waals surface area contributed by atoms with E-state index in [0.29, 0.717) is 11.3 Å². The summed E-state index contributed by atoms with van der Waals surface area (Å²) in [6.45, 7) is 0. The number of rotatable bonds is 3. The van der Waals surface area contributed by atoms with Gasteiger partial charge in [0.15, 0.2) is 5.78 Å². The minimum Gasteiger partial charge on any atom is -0.469 e. The quantitative estimate of drug-likeness (QED) is 0.684. The second kappa shape index (κ2) is 4.82. The first-order valence-electron chi connectivity index (χ1n) is 4.88.